The van der Waals surface area contributed by atoms with E-state index in [1.807, 2.05) is 0 Å². The lowest BCUT2D eigenvalue weighted by atomic mass is 10.0. The molecule has 2 rings (SSSR count). The zero-order valence-electron chi connectivity index (χ0n) is 8.72. The number of rotatable bonds is 1. The third-order valence-electron chi connectivity index (χ3n) is 2.42. The molecule has 0 aliphatic rings. The van der Waals surface area contributed by atoms with Crippen LogP contribution in [0.15, 0.2) is 24.3 Å². The van der Waals surface area contributed by atoms with Gasteiger partial charge in [-0.2, -0.15) is 0 Å². The van der Waals surface area contributed by atoms with Crippen molar-refractivity contribution in [1.29, 1.82) is 0 Å². The fraction of sp³-hybridized carbons (Fsp3) is 0. The minimum absolute atomic E-state index is 0.0325. The van der Waals surface area contributed by atoms with Gasteiger partial charge in [0.15, 0.2) is 11.5 Å². The van der Waals surface area contributed by atoms with Crippen LogP contribution in [0.2, 0.25) is 20.1 Å². The molecule has 94 valence electrons. The average molecular weight is 324 g/mol. The molecule has 0 aromatic heterocycles. The molecule has 0 bridgehead atoms. The summed E-state index contributed by atoms with van der Waals surface area (Å²) in [5.41, 5.74) is 0.602. The predicted molar refractivity (Wildman–Crippen MR) is 75.2 cm³/mol. The van der Waals surface area contributed by atoms with Crippen LogP contribution < -0.4 is 0 Å². The summed E-state index contributed by atoms with van der Waals surface area (Å²) >= 11 is 23.7. The fourth-order valence-corrected chi connectivity index (χ4v) is 2.48. The fourth-order valence-electron chi connectivity index (χ4n) is 1.55. The number of benzene rings is 2. The van der Waals surface area contributed by atoms with Gasteiger partial charge >= 0.3 is 0 Å². The van der Waals surface area contributed by atoms with Gasteiger partial charge in [-0.15, -0.1) is 0 Å². The van der Waals surface area contributed by atoms with E-state index in [1.165, 1.54) is 0 Å². The van der Waals surface area contributed by atoms with E-state index in [-0.39, 0.29) is 20.6 Å². The molecule has 2 nitrogen and oxygen atoms in total. The lowest BCUT2D eigenvalue weighted by Crippen LogP contribution is -1.86. The SMILES string of the molecule is Oc1c(O)c(-c2ccccc2Cl)c(Cl)c(Cl)c1Cl. The molecule has 0 spiro atoms. The molecule has 2 aromatic rings. The van der Waals surface area contributed by atoms with E-state index in [4.69, 9.17) is 46.4 Å². The molecule has 6 heteroatoms. The van der Waals surface area contributed by atoms with Crippen molar-refractivity contribution in [3.05, 3.63) is 44.4 Å². The molecule has 0 heterocycles. The van der Waals surface area contributed by atoms with Gasteiger partial charge in [-0.3, -0.25) is 0 Å². The number of halogens is 4. The Balaban J connectivity index is 2.85. The molecule has 0 saturated heterocycles. The maximum Gasteiger partial charge on any atom is 0.178 e. The molecule has 0 aliphatic carbocycles. The topological polar surface area (TPSA) is 40.5 Å². The quantitative estimate of drug-likeness (QED) is 0.546. The second kappa shape index (κ2) is 5.06. The minimum atomic E-state index is -0.527. The monoisotopic (exact) mass is 322 g/mol. The summed E-state index contributed by atoms with van der Waals surface area (Å²) < 4.78 is 0. The Morgan fingerprint density at radius 3 is 1.94 bits per heavy atom. The first-order valence-corrected chi connectivity index (χ1v) is 6.29. The van der Waals surface area contributed by atoms with Gasteiger partial charge in [0, 0.05) is 16.1 Å². The first-order chi connectivity index (χ1) is 8.45. The second-order valence-electron chi connectivity index (χ2n) is 3.49. The highest BCUT2D eigenvalue weighted by Crippen LogP contribution is 2.51. The van der Waals surface area contributed by atoms with Crippen molar-refractivity contribution in [2.24, 2.45) is 0 Å². The van der Waals surface area contributed by atoms with E-state index < -0.39 is 11.5 Å². The predicted octanol–water partition coefficient (Wildman–Crippen LogP) is 5.38. The van der Waals surface area contributed by atoms with Crippen LogP contribution in [-0.2, 0) is 0 Å². The summed E-state index contributed by atoms with van der Waals surface area (Å²) in [5, 5.41) is 19.8. The third-order valence-corrected chi connectivity index (χ3v) is 4.06. The number of hydrogen-bond acceptors (Lipinski definition) is 2. The first-order valence-electron chi connectivity index (χ1n) is 4.78. The molecule has 18 heavy (non-hydrogen) atoms. The molecule has 0 atom stereocenters. The van der Waals surface area contributed by atoms with Gasteiger partial charge in [-0.05, 0) is 6.07 Å². The van der Waals surface area contributed by atoms with E-state index in [2.05, 4.69) is 0 Å². The van der Waals surface area contributed by atoms with Crippen molar-refractivity contribution in [1.82, 2.24) is 0 Å². The highest BCUT2D eigenvalue weighted by molar-refractivity contribution is 6.50. The molecular formula is C12H6Cl4O2. The summed E-state index contributed by atoms with van der Waals surface area (Å²) in [6.45, 7) is 0. The van der Waals surface area contributed by atoms with Crippen LogP contribution in [0.4, 0.5) is 0 Å². The molecule has 0 radical (unpaired) electrons. The number of hydrogen-bond donors (Lipinski definition) is 2. The minimum Gasteiger partial charge on any atom is -0.504 e. The Labute approximate surface area is 123 Å². The summed E-state index contributed by atoms with van der Waals surface area (Å²) in [6, 6.07) is 6.73. The summed E-state index contributed by atoms with van der Waals surface area (Å²) in [6.07, 6.45) is 0. The van der Waals surface area contributed by atoms with Gasteiger partial charge in [-0.1, -0.05) is 64.6 Å². The molecule has 0 fully saturated rings. The maximum absolute atomic E-state index is 9.93. The highest BCUT2D eigenvalue weighted by atomic mass is 35.5. The van der Waals surface area contributed by atoms with Crippen molar-refractivity contribution in [2.45, 2.75) is 0 Å². The standard InChI is InChI=1S/C12H6Cl4O2/c13-6-4-2-1-3-5(6)7-8(14)9(15)10(16)12(18)11(7)17/h1-4,17-18H. The molecule has 0 amide bonds. The molecule has 0 aliphatic heterocycles. The number of phenolic OH excluding ortho intramolecular Hbond substituents is 2. The zero-order valence-corrected chi connectivity index (χ0v) is 11.7. The molecule has 2 N–H and O–H groups in total. The van der Waals surface area contributed by atoms with Gasteiger partial charge in [0.2, 0.25) is 0 Å². The lowest BCUT2D eigenvalue weighted by Gasteiger charge is -2.13. The average Bonchev–Trinajstić information content (AvgIpc) is 2.36. The van der Waals surface area contributed by atoms with Crippen molar-refractivity contribution in [3.63, 3.8) is 0 Å². The third kappa shape index (κ3) is 2.10. The zero-order chi connectivity index (χ0) is 13.4. The number of aromatic hydroxyl groups is 2. The molecule has 0 saturated carbocycles. The van der Waals surface area contributed by atoms with Crippen LogP contribution in [0.1, 0.15) is 0 Å². The van der Waals surface area contributed by atoms with Gasteiger partial charge in [0.05, 0.1) is 10.0 Å². The largest absolute Gasteiger partial charge is 0.504 e. The van der Waals surface area contributed by atoms with Crippen LogP contribution in [-0.4, -0.2) is 10.2 Å². The Bertz CT molecular complexity index is 597. The first kappa shape index (κ1) is 13.6. The summed E-state index contributed by atoms with van der Waals surface area (Å²) in [7, 11) is 0. The van der Waals surface area contributed by atoms with Crippen LogP contribution >= 0.6 is 46.4 Å². The van der Waals surface area contributed by atoms with E-state index in [0.717, 1.165) is 0 Å². The highest BCUT2D eigenvalue weighted by Gasteiger charge is 2.22. The van der Waals surface area contributed by atoms with Gasteiger partial charge < -0.3 is 10.2 Å². The van der Waals surface area contributed by atoms with E-state index in [9.17, 15) is 10.2 Å². The van der Waals surface area contributed by atoms with Crippen molar-refractivity contribution < 1.29 is 10.2 Å². The summed E-state index contributed by atoms with van der Waals surface area (Å²) in [4.78, 5) is 0. The molecular weight excluding hydrogens is 318 g/mol. The van der Waals surface area contributed by atoms with Gasteiger partial charge in [-0.25, -0.2) is 0 Å². The van der Waals surface area contributed by atoms with Gasteiger partial charge in [0.25, 0.3) is 0 Å². The Morgan fingerprint density at radius 2 is 1.33 bits per heavy atom. The Kier molecular flexibility index (Phi) is 3.83. The van der Waals surface area contributed by atoms with Gasteiger partial charge in [0.1, 0.15) is 5.02 Å². The van der Waals surface area contributed by atoms with Crippen LogP contribution in [0.5, 0.6) is 11.5 Å². The van der Waals surface area contributed by atoms with E-state index in [1.54, 1.807) is 24.3 Å². The van der Waals surface area contributed by atoms with E-state index in [0.29, 0.717) is 10.6 Å². The smallest absolute Gasteiger partial charge is 0.178 e. The molecule has 0 unspecified atom stereocenters. The second-order valence-corrected chi connectivity index (χ2v) is 5.04. The van der Waals surface area contributed by atoms with E-state index >= 15 is 0 Å². The van der Waals surface area contributed by atoms with Crippen molar-refractivity contribution in [2.75, 3.05) is 0 Å². The summed E-state index contributed by atoms with van der Waals surface area (Å²) in [5.74, 6) is -0.983. The van der Waals surface area contributed by atoms with Crippen LogP contribution in [0.3, 0.4) is 0 Å². The maximum atomic E-state index is 9.93. The van der Waals surface area contributed by atoms with Crippen molar-refractivity contribution in [3.8, 4) is 22.6 Å². The molecule has 2 aromatic carbocycles. The Hall–Kier alpha value is -0.800. The Morgan fingerprint density at radius 1 is 0.722 bits per heavy atom. The van der Waals surface area contributed by atoms with Crippen molar-refractivity contribution >= 4 is 46.4 Å². The van der Waals surface area contributed by atoms with Crippen LogP contribution in [0, 0.1) is 0 Å². The lowest BCUT2D eigenvalue weighted by molar-refractivity contribution is 0.405. The number of phenols is 2. The normalized spacial score (nSPS) is 10.7. The van der Waals surface area contributed by atoms with Crippen LogP contribution in [0.25, 0.3) is 11.1 Å².